The number of amides is 1. The van der Waals surface area contributed by atoms with E-state index in [9.17, 15) is 13.2 Å². The zero-order valence-electron chi connectivity index (χ0n) is 16.1. The molecule has 2 N–H and O–H groups in total. The summed E-state index contributed by atoms with van der Waals surface area (Å²) < 4.78 is 32.6. The number of hydrogen-bond acceptors (Lipinski definition) is 5. The Hall–Kier alpha value is -2.42. The number of carbonyl (C=O) groups excluding carboxylic acids is 1. The smallest absolute Gasteiger partial charge is 0.243 e. The Morgan fingerprint density at radius 1 is 1.07 bits per heavy atom. The SMILES string of the molecule is Cc1ccccc1NC(=O)CNc1ccc(C)c(S(=O)(=O)N2CCOCC2)c1. The van der Waals surface area contributed by atoms with Gasteiger partial charge in [-0.3, -0.25) is 4.79 Å². The number of benzene rings is 2. The van der Waals surface area contributed by atoms with Crippen LogP contribution in [0.3, 0.4) is 0 Å². The van der Waals surface area contributed by atoms with Crippen LogP contribution in [0.1, 0.15) is 11.1 Å². The van der Waals surface area contributed by atoms with Gasteiger partial charge in [-0.05, 0) is 43.2 Å². The highest BCUT2D eigenvalue weighted by atomic mass is 32.2. The van der Waals surface area contributed by atoms with Crippen LogP contribution in [0.4, 0.5) is 11.4 Å². The lowest BCUT2D eigenvalue weighted by atomic mass is 10.2. The number of anilines is 2. The van der Waals surface area contributed by atoms with E-state index >= 15 is 0 Å². The first-order valence-electron chi connectivity index (χ1n) is 9.16. The minimum Gasteiger partial charge on any atom is -0.379 e. The van der Waals surface area contributed by atoms with Crippen molar-refractivity contribution in [3.63, 3.8) is 0 Å². The maximum absolute atomic E-state index is 12.9. The molecule has 0 aromatic heterocycles. The number of nitrogens with zero attached hydrogens (tertiary/aromatic N) is 1. The molecule has 2 aromatic carbocycles. The van der Waals surface area contributed by atoms with Crippen LogP contribution in [-0.2, 0) is 19.6 Å². The van der Waals surface area contributed by atoms with E-state index in [1.807, 2.05) is 31.2 Å². The van der Waals surface area contributed by atoms with Gasteiger partial charge < -0.3 is 15.4 Å². The fraction of sp³-hybridized carbons (Fsp3) is 0.350. The predicted molar refractivity (Wildman–Crippen MR) is 109 cm³/mol. The zero-order valence-corrected chi connectivity index (χ0v) is 16.9. The molecule has 0 aliphatic carbocycles. The molecule has 28 heavy (non-hydrogen) atoms. The quantitative estimate of drug-likeness (QED) is 0.773. The molecular weight excluding hydrogens is 378 g/mol. The summed E-state index contributed by atoms with van der Waals surface area (Å²) in [6.45, 7) is 5.21. The Morgan fingerprint density at radius 3 is 2.50 bits per heavy atom. The summed E-state index contributed by atoms with van der Waals surface area (Å²) in [5.41, 5.74) is 2.98. The molecule has 1 saturated heterocycles. The summed E-state index contributed by atoms with van der Waals surface area (Å²) >= 11 is 0. The largest absolute Gasteiger partial charge is 0.379 e. The van der Waals surface area contributed by atoms with Crippen molar-refractivity contribution in [2.45, 2.75) is 18.7 Å². The van der Waals surface area contributed by atoms with Crippen LogP contribution in [0.25, 0.3) is 0 Å². The average molecular weight is 404 g/mol. The van der Waals surface area contributed by atoms with Crippen LogP contribution < -0.4 is 10.6 Å². The summed E-state index contributed by atoms with van der Waals surface area (Å²) in [6, 6.07) is 12.6. The average Bonchev–Trinajstić information content (AvgIpc) is 2.69. The molecule has 0 unspecified atom stereocenters. The maximum atomic E-state index is 12.9. The molecule has 0 bridgehead atoms. The van der Waals surface area contributed by atoms with Gasteiger partial charge in [-0.15, -0.1) is 0 Å². The van der Waals surface area contributed by atoms with Crippen molar-refractivity contribution < 1.29 is 17.9 Å². The number of aryl methyl sites for hydroxylation is 2. The van der Waals surface area contributed by atoms with E-state index in [1.165, 1.54) is 4.31 Å². The summed E-state index contributed by atoms with van der Waals surface area (Å²) in [6.07, 6.45) is 0. The first-order chi connectivity index (χ1) is 13.4. The van der Waals surface area contributed by atoms with Crippen LogP contribution in [0.15, 0.2) is 47.4 Å². The monoisotopic (exact) mass is 403 g/mol. The molecule has 1 heterocycles. The fourth-order valence-electron chi connectivity index (χ4n) is 3.00. The first kappa shape index (κ1) is 20.3. The topological polar surface area (TPSA) is 87.7 Å². The molecule has 1 aliphatic heterocycles. The molecule has 0 radical (unpaired) electrons. The van der Waals surface area contributed by atoms with Gasteiger partial charge in [-0.2, -0.15) is 4.31 Å². The second-order valence-corrected chi connectivity index (χ2v) is 8.62. The summed E-state index contributed by atoms with van der Waals surface area (Å²) in [5.74, 6) is -0.201. The summed E-state index contributed by atoms with van der Waals surface area (Å²) in [4.78, 5) is 12.5. The van der Waals surface area contributed by atoms with Crippen molar-refractivity contribution in [2.75, 3.05) is 43.5 Å². The number of ether oxygens (including phenoxy) is 1. The van der Waals surface area contributed by atoms with E-state index in [0.29, 0.717) is 37.6 Å². The van der Waals surface area contributed by atoms with E-state index in [-0.39, 0.29) is 17.3 Å². The van der Waals surface area contributed by atoms with Gasteiger partial charge in [0.2, 0.25) is 15.9 Å². The van der Waals surface area contributed by atoms with Gasteiger partial charge in [0.15, 0.2) is 0 Å². The van der Waals surface area contributed by atoms with Crippen molar-refractivity contribution in [1.29, 1.82) is 0 Å². The second-order valence-electron chi connectivity index (χ2n) is 6.71. The van der Waals surface area contributed by atoms with Crippen LogP contribution in [0.2, 0.25) is 0 Å². The molecule has 7 nitrogen and oxygen atoms in total. The Bertz CT molecular complexity index is 954. The van der Waals surface area contributed by atoms with Gasteiger partial charge in [0.05, 0.1) is 24.7 Å². The molecule has 1 amide bonds. The Balaban J connectivity index is 1.69. The molecule has 1 fully saturated rings. The van der Waals surface area contributed by atoms with Crippen molar-refractivity contribution in [3.05, 3.63) is 53.6 Å². The van der Waals surface area contributed by atoms with Gasteiger partial charge in [0.1, 0.15) is 0 Å². The highest BCUT2D eigenvalue weighted by molar-refractivity contribution is 7.89. The van der Waals surface area contributed by atoms with Crippen LogP contribution in [-0.4, -0.2) is 51.5 Å². The number of carbonyl (C=O) groups is 1. The predicted octanol–water partition coefficient (Wildman–Crippen LogP) is 2.37. The minimum atomic E-state index is -3.60. The second kappa shape index (κ2) is 8.72. The lowest BCUT2D eigenvalue weighted by Crippen LogP contribution is -2.40. The third kappa shape index (κ3) is 4.70. The minimum absolute atomic E-state index is 0.0361. The van der Waals surface area contributed by atoms with Gasteiger partial charge in [-0.25, -0.2) is 8.42 Å². The van der Waals surface area contributed by atoms with E-state index in [2.05, 4.69) is 10.6 Å². The van der Waals surface area contributed by atoms with Crippen LogP contribution in [0, 0.1) is 13.8 Å². The van der Waals surface area contributed by atoms with Crippen molar-refractivity contribution in [3.8, 4) is 0 Å². The number of sulfonamides is 1. The lowest BCUT2D eigenvalue weighted by Gasteiger charge is -2.27. The molecule has 3 rings (SSSR count). The zero-order chi connectivity index (χ0) is 20.1. The molecule has 0 spiro atoms. The van der Waals surface area contributed by atoms with Gasteiger partial charge in [0, 0.05) is 24.5 Å². The van der Waals surface area contributed by atoms with Crippen molar-refractivity contribution in [1.82, 2.24) is 4.31 Å². The summed E-state index contributed by atoms with van der Waals surface area (Å²) in [7, 11) is -3.60. The third-order valence-corrected chi connectivity index (χ3v) is 6.69. The maximum Gasteiger partial charge on any atom is 0.243 e. The van der Waals surface area contributed by atoms with E-state index in [4.69, 9.17) is 4.74 Å². The van der Waals surface area contributed by atoms with E-state index in [1.54, 1.807) is 25.1 Å². The molecule has 150 valence electrons. The number of rotatable bonds is 6. The van der Waals surface area contributed by atoms with Crippen molar-refractivity contribution in [2.24, 2.45) is 0 Å². The third-order valence-electron chi connectivity index (χ3n) is 4.65. The van der Waals surface area contributed by atoms with Gasteiger partial charge in [0.25, 0.3) is 0 Å². The number of para-hydroxylation sites is 1. The molecule has 0 saturated carbocycles. The molecular formula is C20H25N3O4S. The first-order valence-corrected chi connectivity index (χ1v) is 10.6. The Labute approximate surface area is 165 Å². The van der Waals surface area contributed by atoms with Crippen molar-refractivity contribution >= 4 is 27.3 Å². The van der Waals surface area contributed by atoms with Gasteiger partial charge >= 0.3 is 0 Å². The number of morpholine rings is 1. The molecule has 8 heteroatoms. The van der Waals surface area contributed by atoms with E-state index < -0.39 is 10.0 Å². The Morgan fingerprint density at radius 2 is 1.79 bits per heavy atom. The normalized spacial score (nSPS) is 15.2. The van der Waals surface area contributed by atoms with Crippen LogP contribution in [0.5, 0.6) is 0 Å². The molecule has 1 aliphatic rings. The molecule has 0 atom stereocenters. The highest BCUT2D eigenvalue weighted by Crippen LogP contribution is 2.24. The number of nitrogens with one attached hydrogen (secondary N) is 2. The number of hydrogen-bond donors (Lipinski definition) is 2. The fourth-order valence-corrected chi connectivity index (χ4v) is 4.66. The van der Waals surface area contributed by atoms with Crippen LogP contribution >= 0.6 is 0 Å². The molecule has 2 aromatic rings. The standard InChI is InChI=1S/C20H25N3O4S/c1-15-5-3-4-6-18(15)22-20(24)14-21-17-8-7-16(2)19(13-17)28(25,26)23-9-11-27-12-10-23/h3-8,13,21H,9-12,14H2,1-2H3,(H,22,24). The Kier molecular flexibility index (Phi) is 6.33. The van der Waals surface area contributed by atoms with E-state index in [0.717, 1.165) is 11.3 Å². The van der Waals surface area contributed by atoms with Gasteiger partial charge in [-0.1, -0.05) is 24.3 Å². The lowest BCUT2D eigenvalue weighted by molar-refractivity contribution is -0.114. The summed E-state index contributed by atoms with van der Waals surface area (Å²) in [5, 5.41) is 5.85. The highest BCUT2D eigenvalue weighted by Gasteiger charge is 2.27.